The molecule has 0 heterocycles. The molecule has 0 aliphatic heterocycles. The monoisotopic (exact) mass is 139 g/mol. The highest BCUT2D eigenvalue weighted by Gasteiger charge is 2.15. The SMILES string of the molecule is CN(C)C(C)(C)C#CC=O. The van der Waals surface area contributed by atoms with E-state index >= 15 is 0 Å². The van der Waals surface area contributed by atoms with Gasteiger partial charge in [0.15, 0.2) is 6.29 Å². The molecular weight excluding hydrogens is 126 g/mol. The average molecular weight is 139 g/mol. The molecule has 0 aromatic rings. The van der Waals surface area contributed by atoms with Crippen LogP contribution in [-0.4, -0.2) is 30.8 Å². The van der Waals surface area contributed by atoms with Crippen molar-refractivity contribution in [2.24, 2.45) is 0 Å². The Morgan fingerprint density at radius 1 is 1.40 bits per heavy atom. The molecule has 0 amide bonds. The number of rotatable bonds is 1. The molecular formula is C8H13NO. The van der Waals surface area contributed by atoms with Gasteiger partial charge in [-0.1, -0.05) is 5.92 Å². The number of carbonyl (C=O) groups is 1. The van der Waals surface area contributed by atoms with E-state index < -0.39 is 0 Å². The summed E-state index contributed by atoms with van der Waals surface area (Å²) >= 11 is 0. The first-order chi connectivity index (χ1) is 4.50. The van der Waals surface area contributed by atoms with Gasteiger partial charge in [0.05, 0.1) is 5.54 Å². The number of nitrogens with zero attached hydrogens (tertiary/aromatic N) is 1. The molecule has 0 rings (SSSR count). The number of aldehydes is 1. The van der Waals surface area contributed by atoms with Crippen molar-refractivity contribution in [3.05, 3.63) is 0 Å². The maximum atomic E-state index is 9.88. The van der Waals surface area contributed by atoms with Gasteiger partial charge in [-0.2, -0.15) is 0 Å². The van der Waals surface area contributed by atoms with Crippen LogP contribution in [-0.2, 0) is 4.79 Å². The van der Waals surface area contributed by atoms with Crippen molar-refractivity contribution in [3.63, 3.8) is 0 Å². The molecule has 10 heavy (non-hydrogen) atoms. The van der Waals surface area contributed by atoms with E-state index in [1.165, 1.54) is 0 Å². The first kappa shape index (κ1) is 9.19. The van der Waals surface area contributed by atoms with E-state index in [0.717, 1.165) is 0 Å². The van der Waals surface area contributed by atoms with E-state index in [9.17, 15) is 4.79 Å². The summed E-state index contributed by atoms with van der Waals surface area (Å²) in [6, 6.07) is 0. The van der Waals surface area contributed by atoms with Gasteiger partial charge in [-0.3, -0.25) is 9.69 Å². The summed E-state index contributed by atoms with van der Waals surface area (Å²) in [5.74, 6) is 5.21. The van der Waals surface area contributed by atoms with Gasteiger partial charge >= 0.3 is 0 Å². The summed E-state index contributed by atoms with van der Waals surface area (Å²) in [5.41, 5.74) is -0.207. The van der Waals surface area contributed by atoms with Crippen LogP contribution in [0.25, 0.3) is 0 Å². The molecule has 0 aromatic heterocycles. The van der Waals surface area contributed by atoms with E-state index in [1.807, 2.05) is 32.8 Å². The van der Waals surface area contributed by atoms with Gasteiger partial charge in [0.25, 0.3) is 0 Å². The highest BCUT2D eigenvalue weighted by Crippen LogP contribution is 2.06. The lowest BCUT2D eigenvalue weighted by molar-refractivity contribution is -0.103. The topological polar surface area (TPSA) is 20.3 Å². The first-order valence-corrected chi connectivity index (χ1v) is 3.14. The lowest BCUT2D eigenvalue weighted by Crippen LogP contribution is -2.36. The van der Waals surface area contributed by atoms with E-state index in [1.54, 1.807) is 0 Å². The van der Waals surface area contributed by atoms with Crippen LogP contribution in [0, 0.1) is 11.8 Å². The zero-order valence-electron chi connectivity index (χ0n) is 6.93. The van der Waals surface area contributed by atoms with Crippen LogP contribution in [0.2, 0.25) is 0 Å². The molecule has 0 saturated heterocycles. The summed E-state index contributed by atoms with van der Waals surface area (Å²) < 4.78 is 0. The second-order valence-electron chi connectivity index (χ2n) is 2.84. The maximum Gasteiger partial charge on any atom is 0.192 e. The van der Waals surface area contributed by atoms with E-state index in [-0.39, 0.29) is 5.54 Å². The third kappa shape index (κ3) is 2.65. The van der Waals surface area contributed by atoms with Gasteiger partial charge in [-0.15, -0.1) is 0 Å². The predicted octanol–water partition coefficient (Wildman–Crippen LogP) is 0.529. The van der Waals surface area contributed by atoms with Gasteiger partial charge < -0.3 is 0 Å². The van der Waals surface area contributed by atoms with Crippen molar-refractivity contribution >= 4 is 6.29 Å². The minimum absolute atomic E-state index is 0.207. The van der Waals surface area contributed by atoms with Crippen molar-refractivity contribution < 1.29 is 4.79 Å². The zero-order valence-corrected chi connectivity index (χ0v) is 6.93. The number of hydrogen-bond donors (Lipinski definition) is 0. The Kier molecular flexibility index (Phi) is 3.11. The smallest absolute Gasteiger partial charge is 0.192 e. The Balaban J connectivity index is 4.25. The van der Waals surface area contributed by atoms with Gasteiger partial charge in [0.1, 0.15) is 0 Å². The molecule has 0 atom stereocenters. The van der Waals surface area contributed by atoms with Gasteiger partial charge in [-0.05, 0) is 33.9 Å². The predicted molar refractivity (Wildman–Crippen MR) is 41.6 cm³/mol. The molecule has 0 aromatic carbocycles. The largest absolute Gasteiger partial charge is 0.294 e. The fourth-order valence-electron chi connectivity index (χ4n) is 0.318. The summed E-state index contributed by atoms with van der Waals surface area (Å²) in [7, 11) is 3.86. The van der Waals surface area contributed by atoms with E-state index in [2.05, 4.69) is 11.8 Å². The molecule has 0 aliphatic carbocycles. The molecule has 56 valence electrons. The van der Waals surface area contributed by atoms with Crippen molar-refractivity contribution in [1.82, 2.24) is 4.90 Å². The van der Waals surface area contributed by atoms with E-state index in [4.69, 9.17) is 0 Å². The van der Waals surface area contributed by atoms with Crippen molar-refractivity contribution in [2.45, 2.75) is 19.4 Å². The minimum atomic E-state index is -0.207. The molecule has 0 N–H and O–H groups in total. The number of hydrogen-bond acceptors (Lipinski definition) is 2. The maximum absolute atomic E-state index is 9.88. The van der Waals surface area contributed by atoms with Crippen LogP contribution in [0.3, 0.4) is 0 Å². The third-order valence-corrected chi connectivity index (χ3v) is 1.56. The van der Waals surface area contributed by atoms with Crippen LogP contribution < -0.4 is 0 Å². The Labute approximate surface area is 62.2 Å². The molecule has 0 saturated carbocycles. The minimum Gasteiger partial charge on any atom is -0.294 e. The van der Waals surface area contributed by atoms with Crippen LogP contribution in [0.4, 0.5) is 0 Å². The lowest BCUT2D eigenvalue weighted by Gasteiger charge is -2.26. The molecule has 0 radical (unpaired) electrons. The fraction of sp³-hybridized carbons (Fsp3) is 0.625. The molecule has 0 bridgehead atoms. The normalized spacial score (nSPS) is 10.5. The molecule has 0 spiro atoms. The van der Waals surface area contributed by atoms with Crippen molar-refractivity contribution in [2.75, 3.05) is 14.1 Å². The third-order valence-electron chi connectivity index (χ3n) is 1.56. The lowest BCUT2D eigenvalue weighted by atomic mass is 10.1. The van der Waals surface area contributed by atoms with Crippen LogP contribution in [0.5, 0.6) is 0 Å². The Bertz CT molecular complexity index is 171. The van der Waals surface area contributed by atoms with Crippen molar-refractivity contribution in [1.29, 1.82) is 0 Å². The highest BCUT2D eigenvalue weighted by atomic mass is 16.1. The second kappa shape index (κ2) is 3.38. The Morgan fingerprint density at radius 3 is 2.20 bits per heavy atom. The quantitative estimate of drug-likeness (QED) is 0.390. The molecule has 2 heteroatoms. The van der Waals surface area contributed by atoms with Crippen LogP contribution >= 0.6 is 0 Å². The molecule has 0 fully saturated rings. The average Bonchev–Trinajstić information content (AvgIpc) is 1.84. The summed E-state index contributed by atoms with van der Waals surface area (Å²) in [6.45, 7) is 3.92. The molecule has 0 unspecified atom stereocenters. The first-order valence-electron chi connectivity index (χ1n) is 3.14. The molecule has 2 nitrogen and oxygen atoms in total. The summed E-state index contributed by atoms with van der Waals surface area (Å²) in [4.78, 5) is 11.8. The Morgan fingerprint density at radius 2 is 1.90 bits per heavy atom. The summed E-state index contributed by atoms with van der Waals surface area (Å²) in [6.07, 6.45) is 0.616. The van der Waals surface area contributed by atoms with Crippen molar-refractivity contribution in [3.8, 4) is 11.8 Å². The fourth-order valence-corrected chi connectivity index (χ4v) is 0.318. The standard InChI is InChI=1S/C8H13NO/c1-8(2,9(3)4)6-5-7-10/h7H,1-4H3. The van der Waals surface area contributed by atoms with Gasteiger partial charge in [-0.25, -0.2) is 0 Å². The van der Waals surface area contributed by atoms with Gasteiger partial charge in [0.2, 0.25) is 0 Å². The van der Waals surface area contributed by atoms with Crippen LogP contribution in [0.1, 0.15) is 13.8 Å². The Hall–Kier alpha value is -0.810. The summed E-state index contributed by atoms with van der Waals surface area (Å²) in [5, 5.41) is 0. The number of carbonyl (C=O) groups excluding carboxylic acids is 1. The van der Waals surface area contributed by atoms with Crippen LogP contribution in [0.15, 0.2) is 0 Å². The van der Waals surface area contributed by atoms with Gasteiger partial charge in [0, 0.05) is 0 Å². The molecule has 0 aliphatic rings. The second-order valence-corrected chi connectivity index (χ2v) is 2.84. The van der Waals surface area contributed by atoms with E-state index in [0.29, 0.717) is 6.29 Å². The highest BCUT2D eigenvalue weighted by molar-refractivity contribution is 5.72. The zero-order chi connectivity index (χ0) is 8.20.